The number of aryl methyl sites for hydroxylation is 2. The molecule has 0 saturated carbocycles. The zero-order chi connectivity index (χ0) is 13.2. The maximum atomic E-state index is 5.79. The lowest BCUT2D eigenvalue weighted by atomic mass is 10.2. The normalized spacial score (nSPS) is 11.1. The Bertz CT molecular complexity index is 701. The summed E-state index contributed by atoms with van der Waals surface area (Å²) in [6, 6.07) is 1.89. The molecule has 7 heteroatoms. The van der Waals surface area contributed by atoms with Gasteiger partial charge in [0.2, 0.25) is 5.88 Å². The topological polar surface area (TPSA) is 70.1 Å². The summed E-state index contributed by atoms with van der Waals surface area (Å²) in [4.78, 5) is 8.53. The van der Waals surface area contributed by atoms with Gasteiger partial charge in [0.25, 0.3) is 5.78 Å². The fraction of sp³-hybridized carbons (Fsp3) is 0.333. The van der Waals surface area contributed by atoms with Crippen molar-refractivity contribution in [2.45, 2.75) is 19.8 Å². The van der Waals surface area contributed by atoms with Gasteiger partial charge in [-0.2, -0.15) is 19.7 Å². The lowest BCUT2D eigenvalue weighted by Crippen LogP contribution is -2.01. The first kappa shape index (κ1) is 11.6. The molecule has 0 aromatic carbocycles. The molecule has 0 saturated heterocycles. The average molecular weight is 258 g/mol. The molecule has 0 fully saturated rings. The van der Waals surface area contributed by atoms with Gasteiger partial charge in [-0.15, -0.1) is 0 Å². The maximum absolute atomic E-state index is 5.79. The summed E-state index contributed by atoms with van der Waals surface area (Å²) < 4.78 is 9.05. The Morgan fingerprint density at radius 2 is 2.21 bits per heavy atom. The molecule has 0 aliphatic rings. The molecule has 0 aliphatic heterocycles. The summed E-state index contributed by atoms with van der Waals surface area (Å²) >= 11 is 0. The fourth-order valence-corrected chi connectivity index (χ4v) is 1.86. The molecule has 0 unspecified atom stereocenters. The van der Waals surface area contributed by atoms with Crippen molar-refractivity contribution >= 4 is 5.78 Å². The molecule has 0 amide bonds. The smallest absolute Gasteiger partial charge is 0.255 e. The number of hydrogen-bond acceptors (Lipinski definition) is 5. The third kappa shape index (κ3) is 2.26. The summed E-state index contributed by atoms with van der Waals surface area (Å²) in [6.45, 7) is 2.11. The van der Waals surface area contributed by atoms with E-state index in [4.69, 9.17) is 4.74 Å². The number of ether oxygens (including phenoxy) is 1. The molecule has 0 N–H and O–H groups in total. The van der Waals surface area contributed by atoms with E-state index in [1.807, 2.05) is 13.1 Å². The molecular weight excluding hydrogens is 244 g/mol. The molecule has 19 heavy (non-hydrogen) atoms. The van der Waals surface area contributed by atoms with Gasteiger partial charge >= 0.3 is 0 Å². The summed E-state index contributed by atoms with van der Waals surface area (Å²) in [7, 11) is 1.84. The Morgan fingerprint density at radius 1 is 1.32 bits per heavy atom. The van der Waals surface area contributed by atoms with E-state index in [1.165, 1.54) is 6.33 Å². The minimum atomic E-state index is 0.546. The van der Waals surface area contributed by atoms with E-state index >= 15 is 0 Å². The second-order valence-corrected chi connectivity index (χ2v) is 4.26. The zero-order valence-electron chi connectivity index (χ0n) is 10.8. The maximum Gasteiger partial charge on any atom is 0.255 e. The standard InChI is InChI=1S/C12H14N6O/c1-3-4-9-5-11(18-12(16-9)13-8-15-18)19-10-6-14-17(2)7-10/h5-8H,3-4H2,1-2H3. The van der Waals surface area contributed by atoms with Gasteiger partial charge in [-0.25, -0.2) is 4.98 Å². The van der Waals surface area contributed by atoms with Crippen molar-refractivity contribution in [1.29, 1.82) is 0 Å². The predicted molar refractivity (Wildman–Crippen MR) is 68.1 cm³/mol. The van der Waals surface area contributed by atoms with Crippen molar-refractivity contribution < 1.29 is 4.74 Å². The molecule has 3 aromatic heterocycles. The Kier molecular flexibility index (Phi) is 2.86. The largest absolute Gasteiger partial charge is 0.435 e. The van der Waals surface area contributed by atoms with Crippen molar-refractivity contribution in [3.8, 4) is 11.6 Å². The SMILES string of the molecule is CCCc1cc(Oc2cnn(C)c2)n2ncnc2n1. The first-order chi connectivity index (χ1) is 9.26. The van der Waals surface area contributed by atoms with Gasteiger partial charge in [-0.1, -0.05) is 13.3 Å². The molecule has 3 aromatic rings. The van der Waals surface area contributed by atoms with Crippen LogP contribution in [0.2, 0.25) is 0 Å². The van der Waals surface area contributed by atoms with Gasteiger partial charge in [0.1, 0.15) is 6.33 Å². The van der Waals surface area contributed by atoms with Crippen LogP contribution in [-0.2, 0) is 13.5 Å². The molecule has 3 rings (SSSR count). The average Bonchev–Trinajstić information content (AvgIpc) is 2.99. The van der Waals surface area contributed by atoms with E-state index in [-0.39, 0.29) is 0 Å². The summed E-state index contributed by atoms with van der Waals surface area (Å²) in [5.41, 5.74) is 0.946. The van der Waals surface area contributed by atoms with Gasteiger partial charge in [0, 0.05) is 18.8 Å². The summed E-state index contributed by atoms with van der Waals surface area (Å²) in [5.74, 6) is 1.80. The first-order valence-electron chi connectivity index (χ1n) is 6.12. The number of nitrogens with zero attached hydrogens (tertiary/aromatic N) is 6. The van der Waals surface area contributed by atoms with Crippen LogP contribution in [0, 0.1) is 0 Å². The Labute approximate surface area is 109 Å². The second kappa shape index (κ2) is 4.68. The third-order valence-electron chi connectivity index (χ3n) is 2.68. The highest BCUT2D eigenvalue weighted by Crippen LogP contribution is 2.21. The van der Waals surface area contributed by atoms with Crippen LogP contribution in [-0.4, -0.2) is 29.4 Å². The first-order valence-corrected chi connectivity index (χ1v) is 6.12. The summed E-state index contributed by atoms with van der Waals surface area (Å²) in [5, 5.41) is 8.18. The summed E-state index contributed by atoms with van der Waals surface area (Å²) in [6.07, 6.45) is 6.82. The van der Waals surface area contributed by atoms with Gasteiger partial charge < -0.3 is 4.74 Å². The second-order valence-electron chi connectivity index (χ2n) is 4.26. The van der Waals surface area contributed by atoms with Crippen LogP contribution < -0.4 is 4.74 Å². The van der Waals surface area contributed by atoms with E-state index in [1.54, 1.807) is 21.6 Å². The van der Waals surface area contributed by atoms with Crippen molar-refractivity contribution in [3.63, 3.8) is 0 Å². The molecule has 0 bridgehead atoms. The molecular formula is C12H14N6O. The van der Waals surface area contributed by atoms with Gasteiger partial charge in [-0.05, 0) is 6.42 Å². The van der Waals surface area contributed by atoms with Crippen molar-refractivity contribution in [1.82, 2.24) is 29.4 Å². The van der Waals surface area contributed by atoms with E-state index in [0.717, 1.165) is 18.5 Å². The van der Waals surface area contributed by atoms with Crippen LogP contribution in [0.3, 0.4) is 0 Å². The van der Waals surface area contributed by atoms with Crippen LogP contribution >= 0.6 is 0 Å². The Balaban J connectivity index is 2.02. The van der Waals surface area contributed by atoms with E-state index in [9.17, 15) is 0 Å². The fourth-order valence-electron chi connectivity index (χ4n) is 1.86. The Morgan fingerprint density at radius 3 is 2.95 bits per heavy atom. The van der Waals surface area contributed by atoms with Crippen molar-refractivity contribution in [2.24, 2.45) is 7.05 Å². The van der Waals surface area contributed by atoms with Crippen LogP contribution in [0.15, 0.2) is 24.8 Å². The lowest BCUT2D eigenvalue weighted by Gasteiger charge is -2.06. The molecule has 0 spiro atoms. The minimum absolute atomic E-state index is 0.546. The minimum Gasteiger partial charge on any atom is -0.435 e. The zero-order valence-corrected chi connectivity index (χ0v) is 10.8. The molecule has 0 radical (unpaired) electrons. The molecule has 0 aliphatic carbocycles. The number of hydrogen-bond donors (Lipinski definition) is 0. The van der Waals surface area contributed by atoms with E-state index in [2.05, 4.69) is 27.1 Å². The molecule has 3 heterocycles. The highest BCUT2D eigenvalue weighted by molar-refractivity contribution is 5.35. The lowest BCUT2D eigenvalue weighted by molar-refractivity contribution is 0.444. The highest BCUT2D eigenvalue weighted by atomic mass is 16.5. The van der Waals surface area contributed by atoms with Crippen LogP contribution in [0.5, 0.6) is 11.6 Å². The quantitative estimate of drug-likeness (QED) is 0.711. The monoisotopic (exact) mass is 258 g/mol. The van der Waals surface area contributed by atoms with E-state index in [0.29, 0.717) is 17.4 Å². The molecule has 7 nitrogen and oxygen atoms in total. The van der Waals surface area contributed by atoms with Crippen molar-refractivity contribution in [2.75, 3.05) is 0 Å². The number of fused-ring (bicyclic) bond motifs is 1. The van der Waals surface area contributed by atoms with Gasteiger partial charge in [0.05, 0.1) is 12.4 Å². The van der Waals surface area contributed by atoms with Gasteiger partial charge in [-0.3, -0.25) is 4.68 Å². The molecule has 98 valence electrons. The number of rotatable bonds is 4. The number of aromatic nitrogens is 6. The van der Waals surface area contributed by atoms with Crippen LogP contribution in [0.1, 0.15) is 19.0 Å². The van der Waals surface area contributed by atoms with E-state index < -0.39 is 0 Å². The van der Waals surface area contributed by atoms with Crippen LogP contribution in [0.4, 0.5) is 0 Å². The van der Waals surface area contributed by atoms with Crippen LogP contribution in [0.25, 0.3) is 5.78 Å². The van der Waals surface area contributed by atoms with Gasteiger partial charge in [0.15, 0.2) is 5.75 Å². The third-order valence-corrected chi connectivity index (χ3v) is 2.68. The molecule has 0 atom stereocenters. The predicted octanol–water partition coefficient (Wildman–Crippen LogP) is 1.60. The highest BCUT2D eigenvalue weighted by Gasteiger charge is 2.10. The Hall–Kier alpha value is -2.44. The van der Waals surface area contributed by atoms with Crippen molar-refractivity contribution in [3.05, 3.63) is 30.5 Å².